The van der Waals surface area contributed by atoms with Gasteiger partial charge in [-0.2, -0.15) is 0 Å². The molecule has 0 spiro atoms. The maximum absolute atomic E-state index is 13.0. The molecule has 1 aromatic heterocycles. The van der Waals surface area contributed by atoms with Crippen LogP contribution < -0.4 is 5.32 Å². The minimum Gasteiger partial charge on any atom is -0.396 e. The summed E-state index contributed by atoms with van der Waals surface area (Å²) in [5.41, 5.74) is 0.804. The second-order valence-corrected chi connectivity index (χ2v) is 4.89. The van der Waals surface area contributed by atoms with Gasteiger partial charge in [-0.25, -0.2) is 9.07 Å². The number of halogens is 1. The van der Waals surface area contributed by atoms with Crippen molar-refractivity contribution in [3.8, 4) is 0 Å². The summed E-state index contributed by atoms with van der Waals surface area (Å²) >= 11 is 0. The molecule has 1 amide bonds. The molecular weight excluding hydrogens is 289 g/mol. The zero-order valence-electron chi connectivity index (χ0n) is 12.2. The minimum atomic E-state index is -0.626. The molecule has 1 aromatic carbocycles. The molecule has 118 valence electrons. The minimum absolute atomic E-state index is 0.00676. The molecule has 0 aliphatic carbocycles. The largest absolute Gasteiger partial charge is 0.396 e. The monoisotopic (exact) mass is 307 g/mol. The highest BCUT2D eigenvalue weighted by Crippen LogP contribution is 2.15. The standard InChI is InChI=1S/C14H18FN5O2/c1-10-17-18-19-20(10)13(14(22)16-7-2-8-21)9-11-3-5-12(15)6-4-11/h3-6,13,21H,2,7-9H2,1H3,(H,16,22)/t13-/m0/s1. The molecule has 2 aromatic rings. The molecule has 8 heteroatoms. The van der Waals surface area contributed by atoms with Gasteiger partial charge >= 0.3 is 0 Å². The highest BCUT2D eigenvalue weighted by Gasteiger charge is 2.23. The molecule has 0 radical (unpaired) electrons. The van der Waals surface area contributed by atoms with Gasteiger partial charge in [-0.3, -0.25) is 4.79 Å². The molecule has 1 heterocycles. The van der Waals surface area contributed by atoms with Gasteiger partial charge < -0.3 is 10.4 Å². The number of rotatable bonds is 7. The Morgan fingerprint density at radius 1 is 1.41 bits per heavy atom. The summed E-state index contributed by atoms with van der Waals surface area (Å²) in [5.74, 6) is -0.0519. The fraction of sp³-hybridized carbons (Fsp3) is 0.429. The molecule has 2 N–H and O–H groups in total. The summed E-state index contributed by atoms with van der Waals surface area (Å²) < 4.78 is 14.4. The Morgan fingerprint density at radius 2 is 2.14 bits per heavy atom. The van der Waals surface area contributed by atoms with Crippen molar-refractivity contribution in [1.29, 1.82) is 0 Å². The lowest BCUT2D eigenvalue weighted by Gasteiger charge is -2.17. The number of aliphatic hydroxyl groups excluding tert-OH is 1. The summed E-state index contributed by atoms with van der Waals surface area (Å²) in [7, 11) is 0. The van der Waals surface area contributed by atoms with Crippen LogP contribution in [0, 0.1) is 12.7 Å². The summed E-state index contributed by atoms with van der Waals surface area (Å²) in [6.45, 7) is 2.09. The normalized spacial score (nSPS) is 12.1. The van der Waals surface area contributed by atoms with Crippen molar-refractivity contribution in [3.05, 3.63) is 41.5 Å². The van der Waals surface area contributed by atoms with Crippen LogP contribution in [0.5, 0.6) is 0 Å². The summed E-state index contributed by atoms with van der Waals surface area (Å²) in [6.07, 6.45) is 0.820. The number of aromatic nitrogens is 4. The molecule has 0 bridgehead atoms. The van der Waals surface area contributed by atoms with Crippen molar-refractivity contribution in [2.75, 3.05) is 13.2 Å². The Morgan fingerprint density at radius 3 is 2.73 bits per heavy atom. The number of amides is 1. The van der Waals surface area contributed by atoms with Crippen LogP contribution in [0.15, 0.2) is 24.3 Å². The third kappa shape index (κ3) is 4.08. The quantitative estimate of drug-likeness (QED) is 0.722. The number of carbonyl (C=O) groups excluding carboxylic acids is 1. The van der Waals surface area contributed by atoms with E-state index in [1.807, 2.05) is 0 Å². The molecule has 0 fully saturated rings. The van der Waals surface area contributed by atoms with Crippen LogP contribution in [0.2, 0.25) is 0 Å². The smallest absolute Gasteiger partial charge is 0.245 e. The van der Waals surface area contributed by atoms with E-state index in [1.165, 1.54) is 16.8 Å². The third-order valence-electron chi connectivity index (χ3n) is 3.23. The number of aliphatic hydroxyl groups is 1. The van der Waals surface area contributed by atoms with Crippen molar-refractivity contribution in [2.45, 2.75) is 25.8 Å². The van der Waals surface area contributed by atoms with Crippen molar-refractivity contribution < 1.29 is 14.3 Å². The maximum atomic E-state index is 13.0. The van der Waals surface area contributed by atoms with Crippen LogP contribution >= 0.6 is 0 Å². The zero-order chi connectivity index (χ0) is 15.9. The Balaban J connectivity index is 2.16. The third-order valence-corrected chi connectivity index (χ3v) is 3.23. The first-order valence-corrected chi connectivity index (χ1v) is 6.99. The molecule has 0 saturated heterocycles. The first-order valence-electron chi connectivity index (χ1n) is 6.99. The van der Waals surface area contributed by atoms with Gasteiger partial charge in [-0.05, 0) is 41.5 Å². The molecule has 0 aliphatic rings. The second kappa shape index (κ2) is 7.60. The zero-order valence-corrected chi connectivity index (χ0v) is 12.2. The molecule has 7 nitrogen and oxygen atoms in total. The molecule has 1 atom stereocenters. The average molecular weight is 307 g/mol. The van der Waals surface area contributed by atoms with Crippen LogP contribution in [-0.2, 0) is 11.2 Å². The lowest BCUT2D eigenvalue weighted by molar-refractivity contribution is -0.124. The Labute approximate surface area is 127 Å². The van der Waals surface area contributed by atoms with Gasteiger partial charge in [0.25, 0.3) is 0 Å². The summed E-state index contributed by atoms with van der Waals surface area (Å²) in [5, 5.41) is 22.7. The van der Waals surface area contributed by atoms with Crippen LogP contribution in [0.25, 0.3) is 0 Å². The molecule has 0 unspecified atom stereocenters. The number of benzene rings is 1. The average Bonchev–Trinajstić information content (AvgIpc) is 2.93. The molecular formula is C14H18FN5O2. The lowest BCUT2D eigenvalue weighted by atomic mass is 10.1. The van der Waals surface area contributed by atoms with E-state index in [1.54, 1.807) is 19.1 Å². The van der Waals surface area contributed by atoms with E-state index in [2.05, 4.69) is 20.8 Å². The Bertz CT molecular complexity index is 614. The number of nitrogens with one attached hydrogen (secondary N) is 1. The topological polar surface area (TPSA) is 92.9 Å². The van der Waals surface area contributed by atoms with Gasteiger partial charge in [0.1, 0.15) is 17.7 Å². The predicted octanol–water partition coefficient (Wildman–Crippen LogP) is 0.403. The van der Waals surface area contributed by atoms with E-state index in [-0.39, 0.29) is 18.3 Å². The molecule has 22 heavy (non-hydrogen) atoms. The number of nitrogens with zero attached hydrogens (tertiary/aromatic N) is 4. The van der Waals surface area contributed by atoms with Gasteiger partial charge in [0, 0.05) is 19.6 Å². The van der Waals surface area contributed by atoms with Crippen molar-refractivity contribution in [1.82, 2.24) is 25.5 Å². The van der Waals surface area contributed by atoms with Gasteiger partial charge in [0.2, 0.25) is 5.91 Å². The summed E-state index contributed by atoms with van der Waals surface area (Å²) in [4.78, 5) is 12.4. The van der Waals surface area contributed by atoms with Gasteiger partial charge in [-0.1, -0.05) is 12.1 Å². The van der Waals surface area contributed by atoms with E-state index in [9.17, 15) is 9.18 Å². The first-order chi connectivity index (χ1) is 10.6. The molecule has 0 saturated carbocycles. The van der Waals surface area contributed by atoms with Crippen LogP contribution in [-0.4, -0.2) is 44.4 Å². The van der Waals surface area contributed by atoms with Crippen LogP contribution in [0.4, 0.5) is 4.39 Å². The highest BCUT2D eigenvalue weighted by molar-refractivity contribution is 5.80. The van der Waals surface area contributed by atoms with Gasteiger partial charge in [0.05, 0.1) is 0 Å². The van der Waals surface area contributed by atoms with Crippen LogP contribution in [0.3, 0.4) is 0 Å². The number of aryl methyl sites for hydroxylation is 1. The van der Waals surface area contributed by atoms with E-state index in [0.29, 0.717) is 25.2 Å². The van der Waals surface area contributed by atoms with Crippen molar-refractivity contribution in [2.24, 2.45) is 0 Å². The second-order valence-electron chi connectivity index (χ2n) is 4.89. The Kier molecular flexibility index (Phi) is 5.54. The van der Waals surface area contributed by atoms with E-state index in [4.69, 9.17) is 5.11 Å². The van der Waals surface area contributed by atoms with Crippen LogP contribution in [0.1, 0.15) is 23.9 Å². The van der Waals surface area contributed by atoms with E-state index < -0.39 is 6.04 Å². The number of hydrogen-bond acceptors (Lipinski definition) is 5. The fourth-order valence-corrected chi connectivity index (χ4v) is 2.07. The SMILES string of the molecule is Cc1nnnn1[C@@H](Cc1ccc(F)cc1)C(=O)NCCCO. The maximum Gasteiger partial charge on any atom is 0.245 e. The predicted molar refractivity (Wildman–Crippen MR) is 76.4 cm³/mol. The Hall–Kier alpha value is -2.35. The lowest BCUT2D eigenvalue weighted by Crippen LogP contribution is -2.35. The molecule has 0 aliphatic heterocycles. The molecule has 2 rings (SSSR count). The number of carbonyl (C=O) groups is 1. The van der Waals surface area contributed by atoms with Crippen molar-refractivity contribution >= 4 is 5.91 Å². The summed E-state index contributed by atoms with van der Waals surface area (Å²) in [6, 6.07) is 5.33. The van der Waals surface area contributed by atoms with Gasteiger partial charge in [-0.15, -0.1) is 5.10 Å². The highest BCUT2D eigenvalue weighted by atomic mass is 19.1. The van der Waals surface area contributed by atoms with E-state index in [0.717, 1.165) is 5.56 Å². The number of tetrazole rings is 1. The first kappa shape index (κ1) is 16.0. The fourth-order valence-electron chi connectivity index (χ4n) is 2.07. The number of hydrogen-bond donors (Lipinski definition) is 2. The van der Waals surface area contributed by atoms with Gasteiger partial charge in [0.15, 0.2) is 0 Å². The van der Waals surface area contributed by atoms with E-state index >= 15 is 0 Å². The van der Waals surface area contributed by atoms with Crippen molar-refractivity contribution in [3.63, 3.8) is 0 Å².